The summed E-state index contributed by atoms with van der Waals surface area (Å²) in [7, 11) is 0. The summed E-state index contributed by atoms with van der Waals surface area (Å²) in [6, 6.07) is 7.23. The van der Waals surface area contributed by atoms with E-state index < -0.39 is 0 Å². The average molecular weight is 437 g/mol. The Labute approximate surface area is 187 Å². The lowest BCUT2D eigenvalue weighted by molar-refractivity contribution is -0.107. The first-order valence-electron chi connectivity index (χ1n) is 10.5. The molecule has 1 aliphatic heterocycles. The van der Waals surface area contributed by atoms with Gasteiger partial charge in [-0.15, -0.1) is 0 Å². The number of carbonyl (C=O) groups excluding carboxylic acids is 2. The van der Waals surface area contributed by atoms with Crippen molar-refractivity contribution in [3.63, 3.8) is 0 Å². The van der Waals surface area contributed by atoms with E-state index in [1.165, 1.54) is 28.7 Å². The van der Waals surface area contributed by atoms with Crippen LogP contribution >= 0.6 is 0 Å². The van der Waals surface area contributed by atoms with Crippen molar-refractivity contribution in [2.24, 2.45) is 0 Å². The number of fused-ring (bicyclic) bond motifs is 2. The maximum atomic E-state index is 13.3. The SMILES string of the molecule is CC(=CCCC(C)=CCN1C(=O)c2cccc(O)c2Nc2c(O)cc(O)cc21)CCC=O. The number of hydrogen-bond acceptors (Lipinski definition) is 6. The molecule has 7 nitrogen and oxygen atoms in total. The largest absolute Gasteiger partial charge is 0.508 e. The number of para-hydroxylation sites is 1. The standard InChI is InChI=1S/C25H28N2O5/c1-16(8-5-13-28)6-3-7-17(2)11-12-27-20-14-18(29)15-22(31)24(20)26-23-19(25(27)32)9-4-10-21(23)30/h4,6,9-11,13-15,26,29-31H,3,5,7-8,12H2,1-2H3. The minimum Gasteiger partial charge on any atom is -0.508 e. The normalized spacial score (nSPS) is 13.8. The zero-order valence-electron chi connectivity index (χ0n) is 18.3. The van der Waals surface area contributed by atoms with Gasteiger partial charge in [0.25, 0.3) is 5.91 Å². The number of carbonyl (C=O) groups is 2. The molecular weight excluding hydrogens is 408 g/mol. The van der Waals surface area contributed by atoms with Gasteiger partial charge >= 0.3 is 0 Å². The van der Waals surface area contributed by atoms with Gasteiger partial charge in [-0.05, 0) is 45.2 Å². The minimum absolute atomic E-state index is 0.111. The number of nitrogens with zero attached hydrogens (tertiary/aromatic N) is 1. The quantitative estimate of drug-likeness (QED) is 0.197. The Morgan fingerprint density at radius 2 is 1.69 bits per heavy atom. The Hall–Kier alpha value is -3.74. The molecule has 1 heterocycles. The van der Waals surface area contributed by atoms with Crippen LogP contribution in [-0.2, 0) is 4.79 Å². The highest BCUT2D eigenvalue weighted by molar-refractivity contribution is 6.15. The van der Waals surface area contributed by atoms with Crippen molar-refractivity contribution in [1.82, 2.24) is 0 Å². The molecule has 0 fully saturated rings. The maximum Gasteiger partial charge on any atom is 0.260 e. The van der Waals surface area contributed by atoms with Crippen LogP contribution in [-0.4, -0.2) is 34.1 Å². The van der Waals surface area contributed by atoms with Crippen LogP contribution in [0.4, 0.5) is 17.1 Å². The Morgan fingerprint density at radius 1 is 0.969 bits per heavy atom. The average Bonchev–Trinajstić information content (AvgIpc) is 2.86. The molecule has 3 rings (SSSR count). The maximum absolute atomic E-state index is 13.3. The lowest BCUT2D eigenvalue weighted by atomic mass is 10.1. The van der Waals surface area contributed by atoms with Gasteiger partial charge in [-0.2, -0.15) is 0 Å². The molecule has 0 bridgehead atoms. The molecule has 0 unspecified atom stereocenters. The number of hydrogen-bond donors (Lipinski definition) is 4. The van der Waals surface area contributed by atoms with Gasteiger partial charge in [0.15, 0.2) is 0 Å². The first-order valence-corrected chi connectivity index (χ1v) is 10.5. The highest BCUT2D eigenvalue weighted by Crippen LogP contribution is 2.45. The number of aromatic hydroxyl groups is 3. The molecule has 2 aromatic carbocycles. The zero-order valence-corrected chi connectivity index (χ0v) is 18.3. The molecular formula is C25H28N2O5. The fourth-order valence-corrected chi connectivity index (χ4v) is 3.63. The predicted molar refractivity (Wildman–Crippen MR) is 125 cm³/mol. The van der Waals surface area contributed by atoms with Crippen LogP contribution in [0.3, 0.4) is 0 Å². The van der Waals surface area contributed by atoms with Crippen LogP contribution in [0.2, 0.25) is 0 Å². The number of amides is 1. The molecule has 0 saturated carbocycles. The predicted octanol–water partition coefficient (Wildman–Crippen LogP) is 5.16. The van der Waals surface area contributed by atoms with Gasteiger partial charge in [-0.25, -0.2) is 0 Å². The Balaban J connectivity index is 1.87. The first kappa shape index (κ1) is 22.9. The molecule has 0 spiro atoms. The molecule has 1 amide bonds. The summed E-state index contributed by atoms with van der Waals surface area (Å²) in [4.78, 5) is 25.3. The van der Waals surface area contributed by atoms with Crippen molar-refractivity contribution in [2.75, 3.05) is 16.8 Å². The second-order valence-electron chi connectivity index (χ2n) is 7.94. The summed E-state index contributed by atoms with van der Waals surface area (Å²) >= 11 is 0. The van der Waals surface area contributed by atoms with Crippen molar-refractivity contribution in [1.29, 1.82) is 0 Å². The lowest BCUT2D eigenvalue weighted by Crippen LogP contribution is -2.30. The van der Waals surface area contributed by atoms with E-state index in [4.69, 9.17) is 0 Å². The van der Waals surface area contributed by atoms with Crippen LogP contribution in [0.25, 0.3) is 0 Å². The smallest absolute Gasteiger partial charge is 0.260 e. The van der Waals surface area contributed by atoms with Gasteiger partial charge < -0.3 is 30.3 Å². The third kappa shape index (κ3) is 5.11. The number of phenols is 3. The van der Waals surface area contributed by atoms with E-state index in [0.717, 1.165) is 31.1 Å². The molecule has 0 aliphatic carbocycles. The fourth-order valence-electron chi connectivity index (χ4n) is 3.63. The Kier molecular flexibility index (Phi) is 7.20. The monoisotopic (exact) mass is 436 g/mol. The van der Waals surface area contributed by atoms with E-state index in [2.05, 4.69) is 11.4 Å². The number of benzene rings is 2. The molecule has 32 heavy (non-hydrogen) atoms. The van der Waals surface area contributed by atoms with Crippen molar-refractivity contribution >= 4 is 29.3 Å². The molecule has 1 aliphatic rings. The number of nitrogens with one attached hydrogen (secondary N) is 1. The molecule has 0 atom stereocenters. The van der Waals surface area contributed by atoms with Crippen molar-refractivity contribution < 1.29 is 24.9 Å². The molecule has 0 aromatic heterocycles. The molecule has 0 saturated heterocycles. The summed E-state index contributed by atoms with van der Waals surface area (Å²) in [5, 5.41) is 33.6. The summed E-state index contributed by atoms with van der Waals surface area (Å²) in [5.74, 6) is -0.876. The van der Waals surface area contributed by atoms with Crippen LogP contribution in [0, 0.1) is 0 Å². The topological polar surface area (TPSA) is 110 Å². The summed E-state index contributed by atoms with van der Waals surface area (Å²) in [5.41, 5.74) is 3.28. The van der Waals surface area contributed by atoms with Gasteiger partial charge in [0.05, 0.1) is 16.9 Å². The van der Waals surface area contributed by atoms with E-state index in [-0.39, 0.29) is 46.6 Å². The third-order valence-electron chi connectivity index (χ3n) is 5.45. The van der Waals surface area contributed by atoms with E-state index >= 15 is 0 Å². The van der Waals surface area contributed by atoms with Gasteiger partial charge in [0.1, 0.15) is 29.2 Å². The van der Waals surface area contributed by atoms with Gasteiger partial charge in [-0.3, -0.25) is 4.79 Å². The second-order valence-corrected chi connectivity index (χ2v) is 7.94. The van der Waals surface area contributed by atoms with Crippen molar-refractivity contribution in [2.45, 2.75) is 39.5 Å². The molecule has 2 aromatic rings. The molecule has 4 N–H and O–H groups in total. The number of phenolic OH excluding ortho intramolecular Hbond substituents is 3. The van der Waals surface area contributed by atoms with Crippen LogP contribution in [0.15, 0.2) is 53.6 Å². The van der Waals surface area contributed by atoms with E-state index in [0.29, 0.717) is 12.1 Å². The summed E-state index contributed by atoms with van der Waals surface area (Å²) in [6.45, 7) is 4.22. The summed E-state index contributed by atoms with van der Waals surface area (Å²) in [6.07, 6.45) is 7.89. The molecule has 0 radical (unpaired) electrons. The number of rotatable bonds is 8. The summed E-state index contributed by atoms with van der Waals surface area (Å²) < 4.78 is 0. The van der Waals surface area contributed by atoms with Gasteiger partial charge in [-0.1, -0.05) is 29.4 Å². The Bertz CT molecular complexity index is 1090. The fraction of sp³-hybridized carbons (Fsp3) is 0.280. The highest BCUT2D eigenvalue weighted by Gasteiger charge is 2.29. The minimum atomic E-state index is -0.360. The Morgan fingerprint density at radius 3 is 2.44 bits per heavy atom. The van der Waals surface area contributed by atoms with Crippen LogP contribution in [0.1, 0.15) is 49.9 Å². The second kappa shape index (κ2) is 10.0. The van der Waals surface area contributed by atoms with E-state index in [1.54, 1.807) is 12.1 Å². The highest BCUT2D eigenvalue weighted by atomic mass is 16.3. The lowest BCUT2D eigenvalue weighted by Gasteiger charge is -2.22. The van der Waals surface area contributed by atoms with Gasteiger partial charge in [0, 0.05) is 25.1 Å². The van der Waals surface area contributed by atoms with Crippen LogP contribution in [0.5, 0.6) is 17.2 Å². The number of anilines is 3. The molecule has 168 valence electrons. The zero-order chi connectivity index (χ0) is 23.3. The van der Waals surface area contributed by atoms with Gasteiger partial charge in [0.2, 0.25) is 0 Å². The number of allylic oxidation sites excluding steroid dienone is 3. The third-order valence-corrected chi connectivity index (χ3v) is 5.45. The molecule has 7 heteroatoms. The van der Waals surface area contributed by atoms with E-state index in [9.17, 15) is 24.9 Å². The van der Waals surface area contributed by atoms with Crippen molar-refractivity contribution in [3.8, 4) is 17.2 Å². The number of aldehydes is 1. The first-order chi connectivity index (χ1) is 15.3. The van der Waals surface area contributed by atoms with Crippen molar-refractivity contribution in [3.05, 3.63) is 59.2 Å². The van der Waals surface area contributed by atoms with E-state index in [1.807, 2.05) is 19.9 Å². The van der Waals surface area contributed by atoms with Crippen LogP contribution < -0.4 is 10.2 Å².